The first-order valence-corrected chi connectivity index (χ1v) is 48.2. The molecule has 0 aliphatic carbocycles. The number of rotatable bonds is 10. The SMILES string of the molecule is Cc1cc2c(s1)S(=O)(=O)N(C)C(=O)C2C(=O)Nc1ccc(Br)cc1.Cc1cc2c(s1)S(=O)(=O)N(C)C(=O)C2C(=O)Nc1ccc(C(F)(F)F)cc1.Cc1cc2c(s1)S(=O)(=O)N(C)C(=O)C2C(=O)Nc1ccc(F)cc1.Cc1cc2c(s1)S(=O)(=O)N(C)C(=O)C2C(=O)Nc1cccc(C(F)(F)F)c1.Cc1ccc(NC(=O)C2C(=O)N(C)S(=O)(=O)c3sc(C)cc32)cc1. The molecule has 666 valence electrons. The zero-order valence-corrected chi connectivity index (χ0v) is 76.6. The highest BCUT2D eigenvalue weighted by Gasteiger charge is 2.52. The van der Waals surface area contributed by atoms with E-state index in [1.807, 2.05) is 19.1 Å². The van der Waals surface area contributed by atoms with Crippen LogP contribution in [0.15, 0.2) is 177 Å². The van der Waals surface area contributed by atoms with Crippen molar-refractivity contribution in [3.05, 3.63) is 231 Å². The van der Waals surface area contributed by atoms with Gasteiger partial charge in [-0.2, -0.15) is 26.3 Å². The van der Waals surface area contributed by atoms with Gasteiger partial charge in [0.05, 0.1) is 11.1 Å². The number of sulfonamides is 5. The van der Waals surface area contributed by atoms with Crippen LogP contribution in [0.4, 0.5) is 59.2 Å². The molecule has 0 bridgehead atoms. The van der Waals surface area contributed by atoms with E-state index in [0.29, 0.717) is 53.2 Å². The monoisotopic (exact) mass is 2000 g/mol. The third-order valence-electron chi connectivity index (χ3n) is 19.3. The van der Waals surface area contributed by atoms with E-state index < -0.39 is 168 Å². The first-order chi connectivity index (χ1) is 58.5. The summed E-state index contributed by atoms with van der Waals surface area (Å²) < 4.78 is 217. The molecule has 0 saturated heterocycles. The van der Waals surface area contributed by atoms with Gasteiger partial charge in [-0.3, -0.25) is 47.9 Å². The zero-order valence-electron chi connectivity index (χ0n) is 66.8. The molecule has 5 aromatic carbocycles. The Kier molecular flexibility index (Phi) is 27.4. The maximum atomic E-state index is 12.9. The second kappa shape index (κ2) is 36.1. The van der Waals surface area contributed by atoms with Gasteiger partial charge in [-0.15, -0.1) is 56.7 Å². The Morgan fingerprint density at radius 1 is 0.317 bits per heavy atom. The summed E-state index contributed by atoms with van der Waals surface area (Å²) in [6.07, 6.45) is -9.10. The van der Waals surface area contributed by atoms with Crippen molar-refractivity contribution in [2.45, 2.75) is 105 Å². The predicted octanol–water partition coefficient (Wildman–Crippen LogP) is 12.9. The zero-order chi connectivity index (χ0) is 93.2. The number of nitrogens with one attached hydrogen (secondary N) is 5. The van der Waals surface area contributed by atoms with Crippen molar-refractivity contribution >= 4 is 210 Å². The summed E-state index contributed by atoms with van der Waals surface area (Å²) in [6.45, 7) is 10.4. The van der Waals surface area contributed by atoms with E-state index in [1.54, 1.807) is 83.1 Å². The Labute approximate surface area is 743 Å². The Balaban J connectivity index is 0.000000153. The quantitative estimate of drug-likeness (QED) is 0.0627. The van der Waals surface area contributed by atoms with Crippen LogP contribution < -0.4 is 26.6 Å². The number of halogens is 8. The highest BCUT2D eigenvalue weighted by molar-refractivity contribution is 9.10. The summed E-state index contributed by atoms with van der Waals surface area (Å²) in [6, 6.07) is 34.4. The topological polar surface area (TPSA) is 418 Å². The number of benzene rings is 5. The minimum atomic E-state index is -4.59. The fraction of sp³-hybridized carbons (Fsp3) is 0.231. The molecule has 48 heteroatoms. The summed E-state index contributed by atoms with van der Waals surface area (Å²) >= 11 is 8.33. The average molecular weight is 2000 g/mol. The molecule has 0 radical (unpaired) electrons. The smallest absolute Gasteiger partial charge is 0.325 e. The molecule has 10 heterocycles. The molecule has 0 spiro atoms. The number of thiophene rings is 5. The van der Waals surface area contributed by atoms with Crippen molar-refractivity contribution < 1.29 is 121 Å². The molecule has 5 N–H and O–H groups in total. The fourth-order valence-corrected chi connectivity index (χ4v) is 28.1. The van der Waals surface area contributed by atoms with Gasteiger partial charge in [0, 0.05) is 120 Å². The van der Waals surface area contributed by atoms with Gasteiger partial charge in [0.15, 0.2) is 0 Å². The molecular weight excluding hydrogens is 1930 g/mol. The molecule has 10 amide bonds. The van der Waals surface area contributed by atoms with Crippen molar-refractivity contribution in [3.63, 3.8) is 0 Å². The summed E-state index contributed by atoms with van der Waals surface area (Å²) in [5.41, 5.74) is 1.32. The number of likely N-dealkylation sites (N-methyl/N-ethyl adjacent to an activating group) is 5. The van der Waals surface area contributed by atoms with Crippen LogP contribution in [0.2, 0.25) is 0 Å². The third-order valence-corrected chi connectivity index (χ3v) is 36.6. The maximum absolute atomic E-state index is 12.9. The number of fused-ring (bicyclic) bond motifs is 5. The lowest BCUT2D eigenvalue weighted by Crippen LogP contribution is -2.45. The number of nitrogens with zero attached hydrogens (tertiary/aromatic N) is 5. The van der Waals surface area contributed by atoms with Gasteiger partial charge in [-0.05, 0) is 175 Å². The van der Waals surface area contributed by atoms with Crippen molar-refractivity contribution in [1.29, 1.82) is 0 Å². The Hall–Kier alpha value is -11.0. The van der Waals surface area contributed by atoms with Crippen LogP contribution >= 0.6 is 72.6 Å². The van der Waals surface area contributed by atoms with E-state index in [9.17, 15) is 121 Å². The molecule has 10 aromatic rings. The average Bonchev–Trinajstić information content (AvgIpc) is 1.55. The van der Waals surface area contributed by atoms with Gasteiger partial charge in [0.25, 0.3) is 79.7 Å². The van der Waals surface area contributed by atoms with Gasteiger partial charge >= 0.3 is 12.4 Å². The highest BCUT2D eigenvalue weighted by Crippen LogP contribution is 2.47. The minimum absolute atomic E-state index is 0.00126. The van der Waals surface area contributed by atoms with Gasteiger partial charge in [0.1, 0.15) is 56.5 Å². The molecule has 5 atom stereocenters. The van der Waals surface area contributed by atoms with E-state index in [-0.39, 0.29) is 60.2 Å². The lowest BCUT2D eigenvalue weighted by Gasteiger charge is -2.28. The molecule has 5 aromatic heterocycles. The number of anilines is 5. The van der Waals surface area contributed by atoms with Gasteiger partial charge in [-0.1, -0.05) is 39.7 Å². The Morgan fingerprint density at radius 2 is 0.540 bits per heavy atom. The van der Waals surface area contributed by atoms with Crippen LogP contribution in [0.25, 0.3) is 0 Å². The van der Waals surface area contributed by atoms with E-state index in [1.165, 1.54) is 62.6 Å². The Morgan fingerprint density at radius 3 is 0.786 bits per heavy atom. The Bertz CT molecular complexity index is 6370. The van der Waals surface area contributed by atoms with Gasteiger partial charge in [-0.25, -0.2) is 68.0 Å². The summed E-state index contributed by atoms with van der Waals surface area (Å²) in [5, 5.41) is 12.5. The van der Waals surface area contributed by atoms with E-state index >= 15 is 0 Å². The number of alkyl halides is 6. The number of hydrogen-bond acceptors (Lipinski definition) is 25. The van der Waals surface area contributed by atoms with Crippen LogP contribution in [-0.4, -0.2) is 158 Å². The second-order valence-electron chi connectivity index (χ2n) is 28.2. The van der Waals surface area contributed by atoms with E-state index in [2.05, 4.69) is 42.5 Å². The van der Waals surface area contributed by atoms with Crippen molar-refractivity contribution in [2.24, 2.45) is 0 Å². The standard InChI is InChI=1S/2C16H13F3N2O4S2.C16H16N2O4S2.C15H13BrN2O4S2.C15H13FN2O4S2/c1-8-7-11-12(14(23)21(2)27(24,25)15(11)26-8)13(22)20-10-5-3-9(4-6-10)16(17,18)19;1-8-6-11-12(14(23)21(2)27(24,25)15(11)26-8)13(22)20-10-5-3-4-9(7-10)16(17,18)19;1-9-4-6-11(7-5-9)17-14(19)13-12-8-10(2)23-16(12)24(21,22)18(3)15(13)20;2*1-8-7-11-12(13(19)17-10-5-3-9(16)4-6-10)14(20)18(2)24(21,22)15(11)23-8/h2*3-7,12H,1-2H3,(H,20,22);4-8,13H,1-3H3,(H,17,19);2*3-7,12H,1-2H3,(H,17,19). The molecule has 15 rings (SSSR count). The molecule has 5 aliphatic rings. The van der Waals surface area contributed by atoms with E-state index in [0.717, 1.165) is 140 Å². The molecule has 5 unspecified atom stereocenters. The number of carbonyl (C=O) groups is 10. The van der Waals surface area contributed by atoms with Gasteiger partial charge in [0.2, 0.25) is 29.5 Å². The van der Waals surface area contributed by atoms with Crippen LogP contribution in [-0.2, 0) is 110 Å². The van der Waals surface area contributed by atoms with Crippen LogP contribution in [0.1, 0.15) is 98.5 Å². The molecule has 0 saturated carbocycles. The molecule has 5 aliphatic heterocycles. The normalized spacial score (nSPS) is 19.0. The maximum Gasteiger partial charge on any atom is 0.416 e. The van der Waals surface area contributed by atoms with Crippen LogP contribution in [0.3, 0.4) is 0 Å². The van der Waals surface area contributed by atoms with Crippen LogP contribution in [0.5, 0.6) is 0 Å². The molecule has 30 nitrogen and oxygen atoms in total. The van der Waals surface area contributed by atoms with Crippen molar-refractivity contribution in [3.8, 4) is 0 Å². The number of aryl methyl sites for hydroxylation is 6. The van der Waals surface area contributed by atoms with Crippen molar-refractivity contribution in [1.82, 2.24) is 21.5 Å². The van der Waals surface area contributed by atoms with E-state index in [4.69, 9.17) is 0 Å². The lowest BCUT2D eigenvalue weighted by molar-refractivity contribution is -0.138. The first kappa shape index (κ1) is 95.7. The lowest BCUT2D eigenvalue weighted by atomic mass is 9.99. The van der Waals surface area contributed by atoms with Crippen molar-refractivity contribution in [2.75, 3.05) is 61.8 Å². The summed E-state index contributed by atoms with van der Waals surface area (Å²) in [4.78, 5) is 129. The largest absolute Gasteiger partial charge is 0.416 e. The number of carbonyl (C=O) groups excluding carboxylic acids is 10. The van der Waals surface area contributed by atoms with Gasteiger partial charge < -0.3 is 26.6 Å². The summed E-state index contributed by atoms with van der Waals surface area (Å²) in [7, 11) is -14.1. The molecule has 126 heavy (non-hydrogen) atoms. The highest BCUT2D eigenvalue weighted by atomic mass is 79.9. The summed E-state index contributed by atoms with van der Waals surface area (Å²) in [5.74, 6) is -14.6. The number of hydrogen-bond donors (Lipinski definition) is 5. The molecular formula is C78H68BrF7N10O20S10. The minimum Gasteiger partial charge on any atom is -0.325 e. The second-order valence-corrected chi connectivity index (χ2v) is 46.2. The number of amides is 10. The fourth-order valence-electron chi connectivity index (χ4n) is 12.9. The predicted molar refractivity (Wildman–Crippen MR) is 457 cm³/mol. The third kappa shape index (κ3) is 19.3. The van der Waals surface area contributed by atoms with Crippen LogP contribution in [0, 0.1) is 47.4 Å². The molecule has 0 fully saturated rings. The first-order valence-electron chi connectivity index (χ1n) is 36.1.